The molecule has 0 amide bonds. The molecule has 0 N–H and O–H groups in total. The van der Waals surface area contributed by atoms with Gasteiger partial charge in [-0.25, -0.2) is 4.68 Å². The molecule has 2 heterocycles. The van der Waals surface area contributed by atoms with Crippen LogP contribution < -0.4 is 34.0 Å². The van der Waals surface area contributed by atoms with Gasteiger partial charge in [-0.1, -0.05) is 363 Å². The van der Waals surface area contributed by atoms with Crippen LogP contribution in [0.15, 0.2) is 17.5 Å². The van der Waals surface area contributed by atoms with Crippen molar-refractivity contribution in [2.75, 3.05) is 80.3 Å². The zero-order valence-corrected chi connectivity index (χ0v) is 76.1. The Kier molecular flexibility index (Phi) is 67.9. The summed E-state index contributed by atoms with van der Waals surface area (Å²) < 4.78 is 5.19. The van der Waals surface area contributed by atoms with Crippen molar-refractivity contribution in [3.05, 3.63) is 41.1 Å². The summed E-state index contributed by atoms with van der Waals surface area (Å²) in [6.45, 7) is 16.9. The van der Waals surface area contributed by atoms with E-state index in [1.54, 1.807) is 32.1 Å². The summed E-state index contributed by atoms with van der Waals surface area (Å²) >= 11 is 3.31. The third-order valence-electron chi connectivity index (χ3n) is 24.7. The number of rotatable bonds is 29. The summed E-state index contributed by atoms with van der Waals surface area (Å²) in [5.41, 5.74) is 10.2. The zero-order valence-electron chi connectivity index (χ0n) is 69.9. The van der Waals surface area contributed by atoms with Crippen molar-refractivity contribution in [3.8, 4) is 24.7 Å². The molecule has 590 valence electrons. The number of aromatic nitrogens is 6. The van der Waals surface area contributed by atoms with Gasteiger partial charge in [0.15, 0.2) is 6.71 Å². The molecule has 23 heteroatoms. The van der Waals surface area contributed by atoms with Gasteiger partial charge < -0.3 is 60.6 Å². The maximum Gasteiger partial charge on any atom is 2.00 e. The molecule has 8 fully saturated rings. The van der Waals surface area contributed by atoms with Gasteiger partial charge in [-0.15, -0.1) is 22.5 Å². The molecule has 0 unspecified atom stereocenters. The molecule has 2 aromatic rings. The number of alkyl halides is 1. The summed E-state index contributed by atoms with van der Waals surface area (Å²) in [6.07, 6.45) is 86.0. The summed E-state index contributed by atoms with van der Waals surface area (Å²) in [5.74, 6) is 13.1. The monoisotopic (exact) mass is 1660 g/mol. The molecule has 0 aliphatic heterocycles. The van der Waals surface area contributed by atoms with Gasteiger partial charge in [-0.05, 0) is 84.0 Å². The molecule has 0 atom stereocenters. The van der Waals surface area contributed by atoms with E-state index >= 15 is 0 Å². The van der Waals surface area contributed by atoms with Crippen LogP contribution in [0.3, 0.4) is 0 Å². The molecular weight excluding hydrogens is 1500 g/mol. The van der Waals surface area contributed by atoms with Crippen LogP contribution in [-0.4, -0.2) is 197 Å². The molecule has 106 heavy (non-hydrogen) atoms. The van der Waals surface area contributed by atoms with Crippen molar-refractivity contribution in [2.45, 2.75) is 383 Å². The molecule has 12 nitrogen and oxygen atoms in total. The average molecular weight is 1660 g/mol. The largest absolute Gasteiger partial charge is 2.00 e. The number of likely N-dealkylation sites (N-methyl/N-ethyl adjacent to an activating group) is 3. The molecular formula is C83H154B7Br3MgN12. The first-order chi connectivity index (χ1) is 50.0. The Hall–Kier alpha value is -0.879. The number of aryl methyl sites for hydroxylation is 2. The molecule has 2 aromatic heterocycles. The minimum absolute atomic E-state index is 0. The maximum atomic E-state index is 7.82. The number of unbranched alkanes of at least 4 members (excludes halogenated alkanes) is 2. The third-order valence-corrected chi connectivity index (χ3v) is 25.2. The van der Waals surface area contributed by atoms with E-state index in [0.717, 1.165) is 129 Å². The molecule has 8 aliphatic carbocycles. The molecule has 8 saturated carbocycles. The van der Waals surface area contributed by atoms with Gasteiger partial charge in [0.25, 0.3) is 0 Å². The van der Waals surface area contributed by atoms with Gasteiger partial charge in [0, 0.05) is 71.9 Å². The molecule has 0 aromatic carbocycles. The van der Waals surface area contributed by atoms with Crippen LogP contribution in [0.2, 0.25) is 53.9 Å². The Labute approximate surface area is 706 Å². The second-order valence-electron chi connectivity index (χ2n) is 34.2. The summed E-state index contributed by atoms with van der Waals surface area (Å²) in [4.78, 5) is 6.77. The van der Waals surface area contributed by atoms with Gasteiger partial charge in [0.1, 0.15) is 13.4 Å². The van der Waals surface area contributed by atoms with E-state index in [9.17, 15) is 0 Å². The Morgan fingerprint density at radius 1 is 0.538 bits per heavy atom. The topological polar surface area (TPSA) is 117 Å². The van der Waals surface area contributed by atoms with Crippen LogP contribution in [0.25, 0.3) is 10.4 Å². The molecule has 6 radical (unpaired) electrons. The van der Waals surface area contributed by atoms with Crippen LogP contribution in [0.1, 0.15) is 314 Å². The van der Waals surface area contributed by atoms with E-state index < -0.39 is 6.39 Å². The van der Waals surface area contributed by atoms with E-state index in [1.807, 2.05) is 29.6 Å². The van der Waals surface area contributed by atoms with Crippen molar-refractivity contribution in [2.24, 2.45) is 17.0 Å². The van der Waals surface area contributed by atoms with Crippen LogP contribution in [0.4, 0.5) is 0 Å². The Morgan fingerprint density at radius 2 is 0.849 bits per heavy atom. The number of nitrogens with zero attached hydrogens (tertiary/aromatic N) is 12. The zero-order chi connectivity index (χ0) is 75.0. The molecule has 0 bridgehead atoms. The first kappa shape index (κ1) is 105. The second kappa shape index (κ2) is 68.5. The number of hydrogen-bond acceptors (Lipinski definition) is 7. The van der Waals surface area contributed by atoms with Crippen LogP contribution in [-0.2, 0) is 25.9 Å². The summed E-state index contributed by atoms with van der Waals surface area (Å²) in [5, 5.41) is 22.3. The van der Waals surface area contributed by atoms with Crippen molar-refractivity contribution < 1.29 is 38.4 Å². The van der Waals surface area contributed by atoms with E-state index in [1.165, 1.54) is 287 Å². The van der Waals surface area contributed by atoms with Crippen LogP contribution >= 0.6 is 15.9 Å². The molecule has 10 rings (SSSR count). The smallest absolute Gasteiger partial charge is 1.00 e. The first-order valence-electron chi connectivity index (χ1n) is 43.4. The minimum Gasteiger partial charge on any atom is -1.00 e. The van der Waals surface area contributed by atoms with Crippen molar-refractivity contribution in [3.63, 3.8) is 0 Å². The fourth-order valence-corrected chi connectivity index (χ4v) is 19.4. The number of quaternary nitrogens is 1. The molecule has 0 saturated heterocycles. The predicted molar refractivity (Wildman–Crippen MR) is 466 cm³/mol. The summed E-state index contributed by atoms with van der Waals surface area (Å²) in [6, 6.07) is 0. The van der Waals surface area contributed by atoms with Crippen molar-refractivity contribution in [1.29, 1.82) is 0 Å². The fraction of sp³-hybridized carbons (Fsp3) is 0.892. The van der Waals surface area contributed by atoms with Crippen molar-refractivity contribution >= 4 is 88.7 Å². The Morgan fingerprint density at radius 3 is 1.13 bits per heavy atom. The van der Waals surface area contributed by atoms with E-state index in [-0.39, 0.29) is 57.0 Å². The fourth-order valence-electron chi connectivity index (χ4n) is 18.8. The molecule has 0 spiro atoms. The van der Waals surface area contributed by atoms with Crippen LogP contribution in [0.5, 0.6) is 0 Å². The number of halogens is 3. The summed E-state index contributed by atoms with van der Waals surface area (Å²) in [7, 11) is 26.8. The SMILES string of the molecule is C#CCB(C1CCCCC1)C1CCCCC1.C#C[CH2-].C1CCC(CC2CCCCC2)CC1.CCCCBr.CCCC[N+](C)(C)CCn1cc(CCB(C2CCCCC2)C2CCCCC2)nn1.CN(C)CCN=[N+]=[N-].CN(C)CCn1cc(CCB(C2CCCCC2)C2CCCCC2)nn1.[B]B([B])[B].[Br-].[Br-].[Mg+2]. The van der Waals surface area contributed by atoms with Gasteiger partial charge in [0.2, 0.25) is 0 Å². The average Bonchev–Trinajstić information content (AvgIpc) is 0.897. The van der Waals surface area contributed by atoms with Gasteiger partial charge in [-0.3, -0.25) is 4.68 Å². The third kappa shape index (κ3) is 51.1. The Balaban J connectivity index is 0.00000130. The van der Waals surface area contributed by atoms with Gasteiger partial charge in [0.05, 0.1) is 51.7 Å². The molecule has 8 aliphatic rings. The number of hydrogen-bond donors (Lipinski definition) is 0. The quantitative estimate of drug-likeness (QED) is 0.0117. The normalized spacial score (nSPS) is 18.5. The van der Waals surface area contributed by atoms with Crippen molar-refractivity contribution in [1.82, 2.24) is 39.8 Å². The van der Waals surface area contributed by atoms with Crippen LogP contribution in [0, 0.1) is 43.4 Å². The standard InChI is InChI=1S/C24H46BN4.C20H37BN4.C15H25B.C13H24.C4H9Br.C4H10N4.C3H3.B4.2BrH.Mg/c1-4-5-19-29(2,3)20-18-28-21-24(26-27-28)16-17-25(22-12-8-6-9-13-22)23-14-10-7-11-15-23;1-24(2)15-16-25-17-20(22-23-25)13-14-21(18-9-5-3-6-10-18)19-11-7-4-8-12-19;1-2-13-16(14-9-5-3-6-10-14)15-11-7-4-8-12-15;1-3-7-12(8-4-1)11-13-9-5-2-6-10-13;1-2-3-4-5;1-8(2)4-3-6-7-5;1-3-2;1-4(2)3;;;/h21-23H,4-20H2,1-3H3;17-19H,3-16H2,1-2H3;1,14-15H,3-13H2;12-13H,1-11H2;2-4H2,1H3;3-4H2,1-2H3;1H,2H2;;2*1H;/q+1;;;;;;-1;;;;+2/p-2. The minimum atomic E-state index is -0.667. The van der Waals surface area contributed by atoms with E-state index in [4.69, 9.17) is 12.0 Å². The first-order valence-corrected chi connectivity index (χ1v) is 44.5. The van der Waals surface area contributed by atoms with E-state index in [2.05, 4.69) is 153 Å². The number of terminal acetylenes is 2. The second-order valence-corrected chi connectivity index (χ2v) is 35.0. The van der Waals surface area contributed by atoms with Gasteiger partial charge in [-0.2, -0.15) is 6.92 Å². The maximum absolute atomic E-state index is 7.82. The van der Waals surface area contributed by atoms with Gasteiger partial charge >= 0.3 is 23.1 Å². The Bertz CT molecular complexity index is 2340. The number of azide groups is 1. The predicted octanol–water partition coefficient (Wildman–Crippen LogP) is 15.3. The van der Waals surface area contributed by atoms with E-state index in [0.29, 0.717) is 6.54 Å².